The average Bonchev–Trinajstić information content (AvgIpc) is 2.53. The molecule has 0 saturated heterocycles. The minimum absolute atomic E-state index is 0.0849. The maximum atomic E-state index is 13.6. The highest BCUT2D eigenvalue weighted by molar-refractivity contribution is 9.10. The molecule has 0 saturated carbocycles. The Labute approximate surface area is 104 Å². The van der Waals surface area contributed by atoms with Crippen molar-refractivity contribution >= 4 is 33.5 Å². The van der Waals surface area contributed by atoms with Crippen LogP contribution in [0.1, 0.15) is 5.56 Å². The van der Waals surface area contributed by atoms with E-state index < -0.39 is 5.82 Å². The minimum Gasteiger partial charge on any atom is -0.366 e. The van der Waals surface area contributed by atoms with Crippen molar-refractivity contribution in [2.45, 2.75) is 6.54 Å². The van der Waals surface area contributed by atoms with Gasteiger partial charge in [0, 0.05) is 5.56 Å². The first-order valence-corrected chi connectivity index (χ1v) is 5.53. The number of nitrogens with two attached hydrogens (primary N) is 1. The van der Waals surface area contributed by atoms with Crippen molar-refractivity contribution in [3.63, 3.8) is 0 Å². The fraction of sp³-hybridized carbons (Fsp3) is 0.111. The molecule has 0 bridgehead atoms. The van der Waals surface area contributed by atoms with Crippen LogP contribution in [0, 0.1) is 5.82 Å². The van der Waals surface area contributed by atoms with Crippen LogP contribution in [0.15, 0.2) is 22.9 Å². The Morgan fingerprint density at radius 2 is 2.25 bits per heavy atom. The van der Waals surface area contributed by atoms with Gasteiger partial charge in [0.15, 0.2) is 4.73 Å². The van der Waals surface area contributed by atoms with Gasteiger partial charge < -0.3 is 5.73 Å². The predicted molar refractivity (Wildman–Crippen MR) is 62.6 cm³/mol. The van der Waals surface area contributed by atoms with E-state index in [2.05, 4.69) is 26.0 Å². The maximum Gasteiger partial charge on any atom is 0.240 e. The molecule has 2 N–H and O–H groups in total. The van der Waals surface area contributed by atoms with Crippen molar-refractivity contribution in [3.8, 4) is 0 Å². The highest BCUT2D eigenvalue weighted by Gasteiger charge is 2.10. The van der Waals surface area contributed by atoms with E-state index in [-0.39, 0.29) is 17.5 Å². The van der Waals surface area contributed by atoms with Gasteiger partial charge in [-0.25, -0.2) is 9.07 Å². The highest BCUT2D eigenvalue weighted by atomic mass is 79.9. The second kappa shape index (κ2) is 4.39. The van der Waals surface area contributed by atoms with Crippen LogP contribution >= 0.6 is 27.5 Å². The van der Waals surface area contributed by atoms with Crippen LogP contribution in [-0.2, 0) is 6.54 Å². The Kier molecular flexibility index (Phi) is 3.11. The van der Waals surface area contributed by atoms with Crippen molar-refractivity contribution in [1.29, 1.82) is 0 Å². The van der Waals surface area contributed by atoms with Crippen molar-refractivity contribution in [2.24, 2.45) is 0 Å². The summed E-state index contributed by atoms with van der Waals surface area (Å²) < 4.78 is 15.5. The highest BCUT2D eigenvalue weighted by Crippen LogP contribution is 2.19. The molecule has 16 heavy (non-hydrogen) atoms. The number of halogens is 3. The lowest BCUT2D eigenvalue weighted by Crippen LogP contribution is -2.05. The molecule has 0 amide bonds. The fourth-order valence-electron chi connectivity index (χ4n) is 1.27. The lowest BCUT2D eigenvalue weighted by atomic mass is 10.2. The van der Waals surface area contributed by atoms with Crippen LogP contribution in [0.4, 0.5) is 10.3 Å². The van der Waals surface area contributed by atoms with E-state index in [0.29, 0.717) is 10.3 Å². The third kappa shape index (κ3) is 2.17. The number of nitrogens with zero attached hydrogens (tertiary/aromatic N) is 3. The summed E-state index contributed by atoms with van der Waals surface area (Å²) in [4.78, 5) is 3.85. The summed E-state index contributed by atoms with van der Waals surface area (Å²) in [5, 5.41) is 3.99. The van der Waals surface area contributed by atoms with Crippen molar-refractivity contribution in [2.75, 3.05) is 5.73 Å². The number of benzene rings is 1. The van der Waals surface area contributed by atoms with Gasteiger partial charge in [-0.3, -0.25) is 0 Å². The predicted octanol–water partition coefficient (Wildman–Crippen LogP) is 2.46. The van der Waals surface area contributed by atoms with E-state index >= 15 is 0 Å². The molecule has 2 aromatic rings. The molecule has 0 spiro atoms. The van der Waals surface area contributed by atoms with E-state index in [4.69, 9.17) is 17.3 Å². The molecule has 0 aliphatic rings. The molecule has 0 fully saturated rings. The molecule has 1 aromatic heterocycles. The van der Waals surface area contributed by atoms with Gasteiger partial charge in [0.05, 0.1) is 11.6 Å². The number of aromatic nitrogens is 3. The number of hydrogen-bond donors (Lipinski definition) is 1. The van der Waals surface area contributed by atoms with Gasteiger partial charge in [0.25, 0.3) is 0 Å². The zero-order chi connectivity index (χ0) is 11.7. The van der Waals surface area contributed by atoms with Gasteiger partial charge >= 0.3 is 0 Å². The molecule has 0 aliphatic carbocycles. The second-order valence-corrected chi connectivity index (χ2v) is 4.23. The normalized spacial score (nSPS) is 10.7. The standard InChI is InChI=1S/C9H7BrClFN4/c10-8-14-9(13)15-16(8)4-5-2-1-3-6(11)7(5)12/h1-3H,4H2,(H2,13,15). The number of nitrogen functional groups attached to an aromatic ring is 1. The summed E-state index contributed by atoms with van der Waals surface area (Å²) in [5.41, 5.74) is 5.84. The van der Waals surface area contributed by atoms with Gasteiger partial charge in [-0.1, -0.05) is 23.7 Å². The summed E-state index contributed by atoms with van der Waals surface area (Å²) in [6, 6.07) is 4.80. The zero-order valence-corrected chi connectivity index (χ0v) is 10.3. The maximum absolute atomic E-state index is 13.6. The molecule has 0 aliphatic heterocycles. The van der Waals surface area contributed by atoms with Gasteiger partial charge in [-0.15, -0.1) is 5.10 Å². The van der Waals surface area contributed by atoms with Gasteiger partial charge in [0.2, 0.25) is 5.95 Å². The van der Waals surface area contributed by atoms with Crippen LogP contribution in [0.3, 0.4) is 0 Å². The second-order valence-electron chi connectivity index (χ2n) is 3.11. The molecule has 84 valence electrons. The van der Waals surface area contributed by atoms with Crippen LogP contribution in [0.5, 0.6) is 0 Å². The molecular formula is C9H7BrClFN4. The SMILES string of the molecule is Nc1nc(Br)n(Cc2cccc(Cl)c2F)n1. The lowest BCUT2D eigenvalue weighted by molar-refractivity contribution is 0.581. The summed E-state index contributed by atoms with van der Waals surface area (Å²) in [6.45, 7) is 0.219. The molecular weight excluding hydrogens is 298 g/mol. The molecule has 1 heterocycles. The molecule has 7 heteroatoms. The first-order valence-electron chi connectivity index (χ1n) is 4.36. The van der Waals surface area contributed by atoms with Crippen LogP contribution < -0.4 is 5.73 Å². The van der Waals surface area contributed by atoms with E-state index in [9.17, 15) is 4.39 Å². The van der Waals surface area contributed by atoms with Crippen LogP contribution in [0.25, 0.3) is 0 Å². The lowest BCUT2D eigenvalue weighted by Gasteiger charge is -2.04. The van der Waals surface area contributed by atoms with Crippen LogP contribution in [0.2, 0.25) is 5.02 Å². The quantitative estimate of drug-likeness (QED) is 0.927. The molecule has 0 radical (unpaired) electrons. The van der Waals surface area contributed by atoms with Gasteiger partial charge in [0.1, 0.15) is 5.82 Å². The Hall–Kier alpha value is -1.14. The topological polar surface area (TPSA) is 56.7 Å². The third-order valence-corrected chi connectivity index (χ3v) is 2.87. The smallest absolute Gasteiger partial charge is 0.240 e. The number of anilines is 1. The summed E-state index contributed by atoms with van der Waals surface area (Å²) in [6.07, 6.45) is 0. The zero-order valence-electron chi connectivity index (χ0n) is 7.99. The Morgan fingerprint density at radius 1 is 1.50 bits per heavy atom. The summed E-state index contributed by atoms with van der Waals surface area (Å²) in [7, 11) is 0. The molecule has 2 rings (SSSR count). The van der Waals surface area contributed by atoms with Gasteiger partial charge in [-0.2, -0.15) is 4.98 Å². The molecule has 0 atom stereocenters. The number of hydrogen-bond acceptors (Lipinski definition) is 3. The van der Waals surface area contributed by atoms with Crippen LogP contribution in [-0.4, -0.2) is 14.8 Å². The van der Waals surface area contributed by atoms with E-state index in [0.717, 1.165) is 0 Å². The largest absolute Gasteiger partial charge is 0.366 e. The van der Waals surface area contributed by atoms with Crippen molar-refractivity contribution in [3.05, 3.63) is 39.3 Å². The molecule has 4 nitrogen and oxygen atoms in total. The van der Waals surface area contributed by atoms with E-state index in [1.54, 1.807) is 12.1 Å². The fourth-order valence-corrected chi connectivity index (χ4v) is 1.85. The summed E-state index contributed by atoms with van der Waals surface area (Å²) in [5.74, 6) is -0.320. The van der Waals surface area contributed by atoms with Gasteiger partial charge in [-0.05, 0) is 22.0 Å². The molecule has 0 unspecified atom stereocenters. The molecule has 1 aromatic carbocycles. The first-order chi connectivity index (χ1) is 7.58. The monoisotopic (exact) mass is 304 g/mol. The Balaban J connectivity index is 2.34. The first kappa shape index (κ1) is 11.3. The van der Waals surface area contributed by atoms with Crippen molar-refractivity contribution in [1.82, 2.24) is 14.8 Å². The Morgan fingerprint density at radius 3 is 2.88 bits per heavy atom. The Bertz CT molecular complexity index is 528. The number of rotatable bonds is 2. The average molecular weight is 306 g/mol. The summed E-state index contributed by atoms with van der Waals surface area (Å²) >= 11 is 8.84. The van der Waals surface area contributed by atoms with Crippen molar-refractivity contribution < 1.29 is 4.39 Å². The van der Waals surface area contributed by atoms with E-state index in [1.165, 1.54) is 10.7 Å². The third-order valence-electron chi connectivity index (χ3n) is 1.99. The van der Waals surface area contributed by atoms with E-state index in [1.807, 2.05) is 0 Å². The minimum atomic E-state index is -0.454.